The average molecular weight is 453 g/mol. The molecule has 1 amide bonds. The second-order valence-corrected chi connectivity index (χ2v) is 8.13. The van der Waals surface area contributed by atoms with E-state index >= 15 is 0 Å². The minimum absolute atomic E-state index is 0.0728. The van der Waals surface area contributed by atoms with Crippen LogP contribution in [0, 0.1) is 12.7 Å². The van der Waals surface area contributed by atoms with E-state index in [1.165, 1.54) is 60.8 Å². The molecule has 1 saturated heterocycles. The third-order valence-electron chi connectivity index (χ3n) is 5.36. The fourth-order valence-electron chi connectivity index (χ4n) is 3.76. The molecule has 8 heteroatoms. The highest BCUT2D eigenvalue weighted by Gasteiger charge is 2.48. The number of rotatable bonds is 5. The number of ether oxygens (including phenoxy) is 2. The molecule has 0 spiro atoms. The van der Waals surface area contributed by atoms with Crippen molar-refractivity contribution in [1.82, 2.24) is 0 Å². The van der Waals surface area contributed by atoms with Crippen LogP contribution in [0.3, 0.4) is 0 Å². The first-order chi connectivity index (χ1) is 15.4. The predicted molar refractivity (Wildman–Crippen MR) is 120 cm³/mol. The Kier molecular flexibility index (Phi) is 5.71. The topological polar surface area (TPSA) is 76.1 Å². The number of Topliss-reactive ketones (excluding diaryl/α,β-unsaturated/α-hetero) is 1. The van der Waals surface area contributed by atoms with Crippen LogP contribution in [0.4, 0.5) is 10.1 Å². The summed E-state index contributed by atoms with van der Waals surface area (Å²) in [5.74, 6) is -1.72. The van der Waals surface area contributed by atoms with E-state index in [4.69, 9.17) is 9.47 Å². The number of carbonyl (C=O) groups excluding carboxylic acids is 2. The summed E-state index contributed by atoms with van der Waals surface area (Å²) in [6.45, 7) is 1.86. The molecule has 2 aromatic carbocycles. The molecule has 1 aliphatic heterocycles. The number of thiophene rings is 1. The smallest absolute Gasteiger partial charge is 0.300 e. The monoisotopic (exact) mass is 453 g/mol. The van der Waals surface area contributed by atoms with Crippen molar-refractivity contribution >= 4 is 34.5 Å². The molecule has 0 aliphatic carbocycles. The van der Waals surface area contributed by atoms with Gasteiger partial charge in [-0.05, 0) is 66.4 Å². The first-order valence-corrected chi connectivity index (χ1v) is 10.6. The molecule has 1 unspecified atom stereocenters. The van der Waals surface area contributed by atoms with E-state index in [1.807, 2.05) is 18.4 Å². The number of nitrogens with zero attached hydrogens (tertiary/aromatic N) is 1. The van der Waals surface area contributed by atoms with E-state index < -0.39 is 23.5 Å². The molecule has 4 rings (SSSR count). The van der Waals surface area contributed by atoms with Crippen molar-refractivity contribution in [2.24, 2.45) is 0 Å². The molecule has 0 saturated carbocycles. The molecule has 2 heterocycles. The molecule has 0 radical (unpaired) electrons. The van der Waals surface area contributed by atoms with E-state index in [1.54, 1.807) is 12.1 Å². The van der Waals surface area contributed by atoms with E-state index in [9.17, 15) is 19.1 Å². The van der Waals surface area contributed by atoms with Gasteiger partial charge in [-0.1, -0.05) is 0 Å². The van der Waals surface area contributed by atoms with Crippen LogP contribution < -0.4 is 14.4 Å². The number of benzene rings is 2. The van der Waals surface area contributed by atoms with Crippen molar-refractivity contribution in [1.29, 1.82) is 0 Å². The van der Waals surface area contributed by atoms with Crippen LogP contribution in [-0.2, 0) is 9.59 Å². The summed E-state index contributed by atoms with van der Waals surface area (Å²) in [5.41, 5.74) is 1.36. The van der Waals surface area contributed by atoms with Crippen molar-refractivity contribution in [2.75, 3.05) is 19.1 Å². The lowest BCUT2D eigenvalue weighted by molar-refractivity contribution is -0.132. The van der Waals surface area contributed by atoms with Gasteiger partial charge in [0.15, 0.2) is 0 Å². The Balaban J connectivity index is 1.98. The number of halogens is 1. The molecule has 1 fully saturated rings. The van der Waals surface area contributed by atoms with Gasteiger partial charge in [-0.25, -0.2) is 4.39 Å². The number of aliphatic hydroxyl groups is 1. The van der Waals surface area contributed by atoms with Crippen molar-refractivity contribution in [3.05, 3.63) is 81.3 Å². The molecular formula is C24H20FNO5S. The maximum Gasteiger partial charge on any atom is 0.300 e. The van der Waals surface area contributed by atoms with Crippen molar-refractivity contribution in [3.63, 3.8) is 0 Å². The molecule has 164 valence electrons. The molecular weight excluding hydrogens is 433 g/mol. The second kappa shape index (κ2) is 8.47. The number of ketones is 1. The summed E-state index contributed by atoms with van der Waals surface area (Å²) in [6.07, 6.45) is 0. The van der Waals surface area contributed by atoms with Crippen LogP contribution in [0.1, 0.15) is 22.0 Å². The highest BCUT2D eigenvalue weighted by molar-refractivity contribution is 7.10. The lowest BCUT2D eigenvalue weighted by Gasteiger charge is -2.25. The highest BCUT2D eigenvalue weighted by Crippen LogP contribution is 2.46. The zero-order chi connectivity index (χ0) is 23.0. The number of aliphatic hydroxyl groups excluding tert-OH is 1. The van der Waals surface area contributed by atoms with E-state index in [0.29, 0.717) is 17.2 Å². The Morgan fingerprint density at radius 3 is 2.38 bits per heavy atom. The third kappa shape index (κ3) is 3.52. The van der Waals surface area contributed by atoms with Gasteiger partial charge in [0.25, 0.3) is 11.7 Å². The van der Waals surface area contributed by atoms with Gasteiger partial charge in [-0.2, -0.15) is 0 Å². The number of amides is 1. The minimum Gasteiger partial charge on any atom is -0.507 e. The van der Waals surface area contributed by atoms with Crippen molar-refractivity contribution in [3.8, 4) is 11.5 Å². The number of aryl methyl sites for hydroxylation is 1. The zero-order valence-corrected chi connectivity index (χ0v) is 18.4. The number of carbonyl (C=O) groups is 2. The van der Waals surface area contributed by atoms with Crippen molar-refractivity contribution in [2.45, 2.75) is 13.0 Å². The van der Waals surface area contributed by atoms with Crippen LogP contribution >= 0.6 is 11.3 Å². The second-order valence-electron chi connectivity index (χ2n) is 7.18. The van der Waals surface area contributed by atoms with Gasteiger partial charge in [0.2, 0.25) is 0 Å². The van der Waals surface area contributed by atoms with Gasteiger partial charge in [0.1, 0.15) is 29.1 Å². The van der Waals surface area contributed by atoms with Gasteiger partial charge < -0.3 is 14.6 Å². The molecule has 32 heavy (non-hydrogen) atoms. The normalized spacial score (nSPS) is 17.6. The highest BCUT2D eigenvalue weighted by atomic mass is 32.1. The number of hydrogen-bond acceptors (Lipinski definition) is 6. The summed E-state index contributed by atoms with van der Waals surface area (Å²) in [4.78, 5) is 28.3. The maximum atomic E-state index is 13.5. The summed E-state index contributed by atoms with van der Waals surface area (Å²) in [6, 6.07) is 11.1. The first-order valence-electron chi connectivity index (χ1n) is 9.70. The molecule has 1 atom stereocenters. The van der Waals surface area contributed by atoms with Crippen molar-refractivity contribution < 1.29 is 28.6 Å². The first kappa shape index (κ1) is 21.6. The van der Waals surface area contributed by atoms with E-state index in [2.05, 4.69) is 0 Å². The van der Waals surface area contributed by atoms with Crippen LogP contribution in [0.5, 0.6) is 11.5 Å². The molecule has 3 aromatic rings. The fraction of sp³-hybridized carbons (Fsp3) is 0.167. The molecule has 1 aromatic heterocycles. The maximum absolute atomic E-state index is 13.5. The zero-order valence-electron chi connectivity index (χ0n) is 17.6. The van der Waals surface area contributed by atoms with Gasteiger partial charge in [0.05, 0.1) is 25.4 Å². The number of methoxy groups -OCH3 is 2. The quantitative estimate of drug-likeness (QED) is 0.340. The molecule has 6 nitrogen and oxygen atoms in total. The molecule has 0 bridgehead atoms. The predicted octanol–water partition coefficient (Wildman–Crippen LogP) is 4.84. The Bertz CT molecular complexity index is 1230. The van der Waals surface area contributed by atoms with Crippen LogP contribution in [-0.4, -0.2) is 31.0 Å². The number of hydrogen-bond donors (Lipinski definition) is 1. The largest absolute Gasteiger partial charge is 0.507 e. The minimum atomic E-state index is -0.878. The number of anilines is 1. The Hall–Kier alpha value is -3.65. The average Bonchev–Trinajstić information content (AvgIpc) is 3.33. The van der Waals surface area contributed by atoms with Gasteiger partial charge in [-0.15, -0.1) is 11.3 Å². The van der Waals surface area contributed by atoms with Gasteiger partial charge in [-0.3, -0.25) is 14.5 Å². The van der Waals surface area contributed by atoms with Crippen LogP contribution in [0.15, 0.2) is 59.5 Å². The Morgan fingerprint density at radius 2 is 1.78 bits per heavy atom. The Labute approximate surface area is 188 Å². The molecule has 1 aliphatic rings. The van der Waals surface area contributed by atoms with E-state index in [0.717, 1.165) is 10.4 Å². The van der Waals surface area contributed by atoms with Crippen LogP contribution in [0.2, 0.25) is 0 Å². The third-order valence-corrected chi connectivity index (χ3v) is 6.43. The van der Waals surface area contributed by atoms with Gasteiger partial charge >= 0.3 is 0 Å². The lowest BCUT2D eigenvalue weighted by Crippen LogP contribution is -2.29. The standard InChI is InChI=1S/C24H20FNO5S/c1-13-10-11-32-23(13)20-19(21(27)17-12-16(30-2)8-9-18(17)31-3)22(28)24(29)26(20)15-6-4-14(25)5-7-15/h4-12,20,27H,1-3H3/b21-19+. The summed E-state index contributed by atoms with van der Waals surface area (Å²) >= 11 is 1.37. The van der Waals surface area contributed by atoms with Crippen LogP contribution in [0.25, 0.3) is 5.76 Å². The van der Waals surface area contributed by atoms with E-state index in [-0.39, 0.29) is 16.9 Å². The fourth-order valence-corrected chi connectivity index (χ4v) is 4.78. The summed E-state index contributed by atoms with van der Waals surface area (Å²) < 4.78 is 24.1. The lowest BCUT2D eigenvalue weighted by atomic mass is 9.97. The summed E-state index contributed by atoms with van der Waals surface area (Å²) in [5, 5.41) is 13.1. The Morgan fingerprint density at radius 1 is 1.06 bits per heavy atom. The van der Waals surface area contributed by atoms with Gasteiger partial charge in [0, 0.05) is 10.6 Å². The summed E-state index contributed by atoms with van der Waals surface area (Å²) in [7, 11) is 2.92. The SMILES string of the molecule is COc1ccc(OC)c(/C(O)=C2\C(=O)C(=O)N(c3ccc(F)cc3)C2c2sccc2C)c1. The molecule has 1 N–H and O–H groups in total.